The molecule has 0 unspecified atom stereocenters. The van der Waals surface area contributed by atoms with Crippen molar-refractivity contribution in [2.45, 2.75) is 33.4 Å². The van der Waals surface area contributed by atoms with Crippen molar-refractivity contribution in [2.24, 2.45) is 4.99 Å². The van der Waals surface area contributed by atoms with Gasteiger partial charge < -0.3 is 10.6 Å². The fraction of sp³-hybridized carbons (Fsp3) is 0.350. The normalized spacial score (nSPS) is 11.6. The van der Waals surface area contributed by atoms with Gasteiger partial charge >= 0.3 is 0 Å². The average Bonchev–Trinajstić information content (AvgIpc) is 3.28. The number of guanidine groups is 1. The molecule has 0 aliphatic rings. The van der Waals surface area contributed by atoms with E-state index in [4.69, 9.17) is 0 Å². The summed E-state index contributed by atoms with van der Waals surface area (Å²) in [6.07, 6.45) is 4.68. The summed E-state index contributed by atoms with van der Waals surface area (Å²) in [5.41, 5.74) is 3.58. The molecule has 0 atom stereocenters. The fourth-order valence-corrected chi connectivity index (χ4v) is 3.69. The molecule has 2 aromatic heterocycles. The molecule has 142 valence electrons. The third-order valence-electron chi connectivity index (χ3n) is 4.28. The van der Waals surface area contributed by atoms with Crippen LogP contribution < -0.4 is 10.6 Å². The predicted molar refractivity (Wildman–Crippen MR) is 111 cm³/mol. The summed E-state index contributed by atoms with van der Waals surface area (Å²) in [6, 6.07) is 10.5. The number of nitrogens with one attached hydrogen (secondary N) is 2. The van der Waals surface area contributed by atoms with E-state index in [1.807, 2.05) is 16.9 Å². The Morgan fingerprint density at radius 1 is 1.19 bits per heavy atom. The minimum absolute atomic E-state index is 0.724. The maximum absolute atomic E-state index is 4.58. The van der Waals surface area contributed by atoms with Crippen LogP contribution in [0.1, 0.15) is 26.7 Å². The van der Waals surface area contributed by atoms with Gasteiger partial charge in [0.1, 0.15) is 0 Å². The smallest absolute Gasteiger partial charge is 0.191 e. The summed E-state index contributed by atoms with van der Waals surface area (Å²) >= 11 is 1.77. The third-order valence-corrected chi connectivity index (χ3v) is 5.42. The summed E-state index contributed by atoms with van der Waals surface area (Å²) in [5.74, 6) is 0.803. The first-order valence-corrected chi connectivity index (χ1v) is 9.88. The van der Waals surface area contributed by atoms with Crippen molar-refractivity contribution in [1.29, 1.82) is 0 Å². The molecule has 0 bridgehead atoms. The van der Waals surface area contributed by atoms with Gasteiger partial charge in [-0.25, -0.2) is 4.98 Å². The van der Waals surface area contributed by atoms with Gasteiger partial charge in [0.25, 0.3) is 0 Å². The van der Waals surface area contributed by atoms with E-state index in [0.717, 1.165) is 37.7 Å². The van der Waals surface area contributed by atoms with Gasteiger partial charge in [-0.1, -0.05) is 24.3 Å². The molecule has 3 aromatic rings. The number of aliphatic imine (C=N–C) groups is 1. The molecule has 0 aliphatic carbocycles. The second-order valence-electron chi connectivity index (χ2n) is 6.38. The lowest BCUT2D eigenvalue weighted by atomic mass is 10.1. The highest BCUT2D eigenvalue weighted by atomic mass is 32.1. The van der Waals surface area contributed by atoms with E-state index in [9.17, 15) is 0 Å². The van der Waals surface area contributed by atoms with Crippen LogP contribution in [0.15, 0.2) is 47.7 Å². The van der Waals surface area contributed by atoms with Crippen molar-refractivity contribution in [1.82, 2.24) is 25.4 Å². The molecule has 7 heteroatoms. The van der Waals surface area contributed by atoms with Crippen LogP contribution in [-0.2, 0) is 19.5 Å². The van der Waals surface area contributed by atoms with Crippen LogP contribution in [0, 0.1) is 13.8 Å². The molecule has 0 radical (unpaired) electrons. The number of nitrogens with zero attached hydrogens (tertiary/aromatic N) is 4. The van der Waals surface area contributed by atoms with Crippen LogP contribution in [0.5, 0.6) is 0 Å². The van der Waals surface area contributed by atoms with Gasteiger partial charge in [0.15, 0.2) is 5.96 Å². The van der Waals surface area contributed by atoms with Gasteiger partial charge in [-0.3, -0.25) is 9.67 Å². The first-order chi connectivity index (χ1) is 13.1. The summed E-state index contributed by atoms with van der Waals surface area (Å²) < 4.78 is 1.93. The fourth-order valence-electron chi connectivity index (χ4n) is 2.76. The number of thiazole rings is 1. The van der Waals surface area contributed by atoms with Gasteiger partial charge in [0, 0.05) is 43.8 Å². The highest BCUT2D eigenvalue weighted by Crippen LogP contribution is 2.16. The highest BCUT2D eigenvalue weighted by Gasteiger charge is 2.04. The van der Waals surface area contributed by atoms with Gasteiger partial charge in [-0.15, -0.1) is 11.3 Å². The van der Waals surface area contributed by atoms with E-state index in [2.05, 4.69) is 63.8 Å². The maximum atomic E-state index is 4.58. The van der Waals surface area contributed by atoms with Crippen molar-refractivity contribution < 1.29 is 0 Å². The zero-order valence-electron chi connectivity index (χ0n) is 16.1. The number of aromatic nitrogens is 3. The molecule has 2 N–H and O–H groups in total. The van der Waals surface area contributed by atoms with Gasteiger partial charge in [-0.05, 0) is 31.0 Å². The summed E-state index contributed by atoms with van der Waals surface area (Å²) in [6.45, 7) is 6.49. The number of hydrogen-bond acceptors (Lipinski definition) is 4. The predicted octanol–water partition coefficient (Wildman–Crippen LogP) is 2.91. The zero-order valence-corrected chi connectivity index (χ0v) is 16.9. The second kappa shape index (κ2) is 9.32. The lowest BCUT2D eigenvalue weighted by Crippen LogP contribution is -2.37. The molecule has 0 saturated heterocycles. The number of rotatable bonds is 7. The topological polar surface area (TPSA) is 67.1 Å². The first kappa shape index (κ1) is 19.1. The third kappa shape index (κ3) is 5.65. The van der Waals surface area contributed by atoms with Crippen molar-refractivity contribution in [3.05, 3.63) is 69.4 Å². The SMILES string of the molecule is CN=C(NCCc1nc(C)c(C)s1)NCc1cccc(Cn2cccn2)c1. The van der Waals surface area contributed by atoms with E-state index in [1.165, 1.54) is 21.0 Å². The van der Waals surface area contributed by atoms with E-state index in [1.54, 1.807) is 24.6 Å². The van der Waals surface area contributed by atoms with Crippen LogP contribution in [0.2, 0.25) is 0 Å². The quantitative estimate of drug-likeness (QED) is 0.487. The molecular formula is C20H26N6S. The Hall–Kier alpha value is -2.67. The largest absolute Gasteiger partial charge is 0.356 e. The molecule has 0 spiro atoms. The van der Waals surface area contributed by atoms with E-state index in [-0.39, 0.29) is 0 Å². The second-order valence-corrected chi connectivity index (χ2v) is 7.66. The number of benzene rings is 1. The average molecular weight is 383 g/mol. The minimum Gasteiger partial charge on any atom is -0.356 e. The Balaban J connectivity index is 1.47. The van der Waals surface area contributed by atoms with Crippen LogP contribution in [0.25, 0.3) is 0 Å². The lowest BCUT2D eigenvalue weighted by molar-refractivity contribution is 0.685. The van der Waals surface area contributed by atoms with Crippen LogP contribution in [-0.4, -0.2) is 34.3 Å². The molecule has 0 amide bonds. The summed E-state index contributed by atoms with van der Waals surface area (Å²) in [7, 11) is 1.79. The van der Waals surface area contributed by atoms with Gasteiger partial charge in [0.2, 0.25) is 0 Å². The number of hydrogen-bond donors (Lipinski definition) is 2. The molecule has 2 heterocycles. The lowest BCUT2D eigenvalue weighted by Gasteiger charge is -2.12. The van der Waals surface area contributed by atoms with Crippen molar-refractivity contribution in [3.63, 3.8) is 0 Å². The van der Waals surface area contributed by atoms with Gasteiger partial charge in [0.05, 0.1) is 17.2 Å². The van der Waals surface area contributed by atoms with E-state index in [0.29, 0.717) is 0 Å². The number of aryl methyl sites for hydroxylation is 2. The minimum atomic E-state index is 0.724. The van der Waals surface area contributed by atoms with Crippen LogP contribution in [0.4, 0.5) is 0 Å². The van der Waals surface area contributed by atoms with E-state index >= 15 is 0 Å². The zero-order chi connectivity index (χ0) is 19.1. The summed E-state index contributed by atoms with van der Waals surface area (Å²) in [4.78, 5) is 10.2. The van der Waals surface area contributed by atoms with Crippen molar-refractivity contribution in [2.75, 3.05) is 13.6 Å². The van der Waals surface area contributed by atoms with Crippen molar-refractivity contribution in [3.8, 4) is 0 Å². The molecule has 27 heavy (non-hydrogen) atoms. The maximum Gasteiger partial charge on any atom is 0.191 e. The van der Waals surface area contributed by atoms with Crippen molar-refractivity contribution >= 4 is 17.3 Å². The molecule has 0 saturated carbocycles. The van der Waals surface area contributed by atoms with Crippen LogP contribution in [0.3, 0.4) is 0 Å². The standard InChI is InChI=1S/C20H26N6S/c1-15-16(2)27-19(25-15)8-10-22-20(21-3)23-13-17-6-4-7-18(12-17)14-26-11-5-9-24-26/h4-7,9,11-12H,8,10,13-14H2,1-3H3,(H2,21,22,23). The molecule has 0 fully saturated rings. The Kier molecular flexibility index (Phi) is 6.59. The van der Waals surface area contributed by atoms with Gasteiger partial charge in [-0.2, -0.15) is 5.10 Å². The molecule has 0 aliphatic heterocycles. The molecule has 3 rings (SSSR count). The molecule has 6 nitrogen and oxygen atoms in total. The monoisotopic (exact) mass is 382 g/mol. The Morgan fingerprint density at radius 3 is 2.74 bits per heavy atom. The Morgan fingerprint density at radius 2 is 2.04 bits per heavy atom. The molecular weight excluding hydrogens is 356 g/mol. The highest BCUT2D eigenvalue weighted by molar-refractivity contribution is 7.11. The first-order valence-electron chi connectivity index (χ1n) is 9.06. The summed E-state index contributed by atoms with van der Waals surface area (Å²) in [5, 5.41) is 12.2. The molecule has 1 aromatic carbocycles. The van der Waals surface area contributed by atoms with Crippen LogP contribution >= 0.6 is 11.3 Å². The Labute approximate surface area is 164 Å². The Bertz CT molecular complexity index is 862. The van der Waals surface area contributed by atoms with E-state index < -0.39 is 0 Å².